The number of fused-ring (bicyclic) bond motifs is 1. The Labute approximate surface area is 168 Å². The van der Waals surface area contributed by atoms with Crippen LogP contribution in [0.25, 0.3) is 10.2 Å². The number of aromatic nitrogens is 2. The van der Waals surface area contributed by atoms with Gasteiger partial charge in [-0.1, -0.05) is 12.1 Å². The molecule has 0 saturated carbocycles. The average Bonchev–Trinajstić information content (AvgIpc) is 3.02. The van der Waals surface area contributed by atoms with E-state index in [0.29, 0.717) is 21.6 Å². The molecular formula is C19H17N3O6S. The molecule has 0 aliphatic rings. The molecule has 1 aromatic carbocycles. The number of carbonyl (C=O) groups is 3. The van der Waals surface area contributed by atoms with Gasteiger partial charge in [-0.2, -0.15) is 0 Å². The summed E-state index contributed by atoms with van der Waals surface area (Å²) in [6.07, 6.45) is 0. The number of ether oxygens (including phenoxy) is 2. The maximum absolute atomic E-state index is 12.4. The third kappa shape index (κ3) is 4.16. The van der Waals surface area contributed by atoms with Gasteiger partial charge in [0.05, 0.1) is 23.7 Å². The monoisotopic (exact) mass is 415 g/mol. The zero-order valence-corrected chi connectivity index (χ0v) is 16.6. The number of hydrogen-bond donors (Lipinski definition) is 2. The molecule has 0 aliphatic carbocycles. The van der Waals surface area contributed by atoms with Gasteiger partial charge in [-0.15, -0.1) is 11.3 Å². The molecule has 2 aromatic heterocycles. The van der Waals surface area contributed by atoms with Gasteiger partial charge in [0.2, 0.25) is 0 Å². The Kier molecular flexibility index (Phi) is 5.74. The van der Waals surface area contributed by atoms with E-state index < -0.39 is 24.5 Å². The molecule has 2 heterocycles. The van der Waals surface area contributed by atoms with Crippen LogP contribution in [0.4, 0.5) is 5.69 Å². The maximum Gasteiger partial charge on any atom is 0.349 e. The molecule has 2 N–H and O–H groups in total. The molecule has 0 unspecified atom stereocenters. The molecule has 0 atom stereocenters. The standard InChI is InChI=1S/C19H17N3O6S/c1-9-14-16(24)20-10(2)21-17(14)29-15(9)19(26)28-8-13(23)22-12-7-5-4-6-11(12)18(25)27-3/h4-7H,8H2,1-3H3,(H,22,23)(H,20,21,24). The van der Waals surface area contributed by atoms with Gasteiger partial charge >= 0.3 is 11.9 Å². The van der Waals surface area contributed by atoms with Gasteiger partial charge in [-0.05, 0) is 31.5 Å². The summed E-state index contributed by atoms with van der Waals surface area (Å²) in [7, 11) is 1.23. The van der Waals surface area contributed by atoms with Gasteiger partial charge in [0.25, 0.3) is 11.5 Å². The lowest BCUT2D eigenvalue weighted by Crippen LogP contribution is -2.22. The predicted octanol–water partition coefficient (Wildman–Crippen LogP) is 2.18. The number of nitrogens with one attached hydrogen (secondary N) is 2. The van der Waals surface area contributed by atoms with Crippen LogP contribution in [0.1, 0.15) is 31.4 Å². The number of nitrogens with zero attached hydrogens (tertiary/aromatic N) is 1. The van der Waals surface area contributed by atoms with Crippen LogP contribution in [0.5, 0.6) is 0 Å². The van der Waals surface area contributed by atoms with Gasteiger partial charge < -0.3 is 19.8 Å². The summed E-state index contributed by atoms with van der Waals surface area (Å²) < 4.78 is 9.74. The van der Waals surface area contributed by atoms with Gasteiger partial charge in [0.15, 0.2) is 6.61 Å². The van der Waals surface area contributed by atoms with Crippen LogP contribution >= 0.6 is 11.3 Å². The normalized spacial score (nSPS) is 10.6. The number of esters is 2. The predicted molar refractivity (Wildman–Crippen MR) is 106 cm³/mol. The minimum absolute atomic E-state index is 0.177. The van der Waals surface area contributed by atoms with Crippen LogP contribution in [0.15, 0.2) is 29.1 Å². The quantitative estimate of drug-likeness (QED) is 0.611. The third-order valence-corrected chi connectivity index (χ3v) is 5.21. The average molecular weight is 415 g/mol. The largest absolute Gasteiger partial charge is 0.465 e. The molecule has 3 rings (SSSR count). The molecule has 0 saturated heterocycles. The van der Waals surface area contributed by atoms with E-state index >= 15 is 0 Å². The van der Waals surface area contributed by atoms with E-state index in [1.54, 1.807) is 26.0 Å². The van der Waals surface area contributed by atoms with E-state index in [0.717, 1.165) is 11.3 Å². The number of carbonyl (C=O) groups excluding carboxylic acids is 3. The number of H-pyrrole nitrogens is 1. The number of thiophene rings is 1. The van der Waals surface area contributed by atoms with E-state index in [-0.39, 0.29) is 21.7 Å². The van der Waals surface area contributed by atoms with Crippen molar-refractivity contribution in [3.05, 3.63) is 56.4 Å². The topological polar surface area (TPSA) is 127 Å². The van der Waals surface area contributed by atoms with Gasteiger partial charge in [0, 0.05) is 0 Å². The maximum atomic E-state index is 12.4. The van der Waals surface area contributed by atoms with Crippen molar-refractivity contribution in [2.24, 2.45) is 0 Å². The highest BCUT2D eigenvalue weighted by molar-refractivity contribution is 7.20. The zero-order valence-electron chi connectivity index (χ0n) is 15.8. The second-order valence-corrected chi connectivity index (χ2v) is 7.05. The van der Waals surface area contributed by atoms with Crippen molar-refractivity contribution in [2.75, 3.05) is 19.0 Å². The minimum atomic E-state index is -0.737. The van der Waals surface area contributed by atoms with Gasteiger partial charge in [-0.25, -0.2) is 14.6 Å². The SMILES string of the molecule is COC(=O)c1ccccc1NC(=O)COC(=O)c1sc2nc(C)[nH]c(=O)c2c1C. The summed E-state index contributed by atoms with van der Waals surface area (Å²) in [5, 5.41) is 2.83. The number of hydrogen-bond acceptors (Lipinski definition) is 8. The van der Waals surface area contributed by atoms with Crippen molar-refractivity contribution in [2.45, 2.75) is 13.8 Å². The summed E-state index contributed by atoms with van der Waals surface area (Å²) in [4.78, 5) is 55.8. The molecule has 0 fully saturated rings. The highest BCUT2D eigenvalue weighted by Crippen LogP contribution is 2.27. The summed E-state index contributed by atoms with van der Waals surface area (Å²) in [6, 6.07) is 6.30. The van der Waals surface area contributed by atoms with E-state index in [1.165, 1.54) is 19.2 Å². The zero-order chi connectivity index (χ0) is 21.1. The van der Waals surface area contributed by atoms with Crippen LogP contribution in [0, 0.1) is 13.8 Å². The van der Waals surface area contributed by atoms with Crippen molar-refractivity contribution in [1.82, 2.24) is 9.97 Å². The number of benzene rings is 1. The van der Waals surface area contributed by atoms with E-state index in [4.69, 9.17) is 4.74 Å². The lowest BCUT2D eigenvalue weighted by atomic mass is 10.2. The molecule has 0 aliphatic heterocycles. The lowest BCUT2D eigenvalue weighted by Gasteiger charge is -2.09. The van der Waals surface area contributed by atoms with Crippen molar-refractivity contribution < 1.29 is 23.9 Å². The fourth-order valence-corrected chi connectivity index (χ4v) is 3.83. The Bertz CT molecular complexity index is 1180. The fourth-order valence-electron chi connectivity index (χ4n) is 2.71. The molecule has 10 heteroatoms. The Morgan fingerprint density at radius 3 is 2.62 bits per heavy atom. The number of anilines is 1. The highest BCUT2D eigenvalue weighted by atomic mass is 32.1. The molecule has 0 radical (unpaired) electrons. The van der Waals surface area contributed by atoms with Crippen LogP contribution in [0.2, 0.25) is 0 Å². The molecule has 0 spiro atoms. The summed E-state index contributed by atoms with van der Waals surface area (Å²) in [6.45, 7) is 2.70. The van der Waals surface area contributed by atoms with Crippen LogP contribution in [-0.4, -0.2) is 41.5 Å². The van der Waals surface area contributed by atoms with Crippen LogP contribution in [0.3, 0.4) is 0 Å². The van der Waals surface area contributed by atoms with E-state index in [9.17, 15) is 19.2 Å². The number of rotatable bonds is 5. The fraction of sp³-hybridized carbons (Fsp3) is 0.211. The summed E-state index contributed by atoms with van der Waals surface area (Å²) >= 11 is 1.03. The van der Waals surface area contributed by atoms with Gasteiger partial charge in [-0.3, -0.25) is 9.59 Å². The second kappa shape index (κ2) is 8.23. The second-order valence-electron chi connectivity index (χ2n) is 6.05. The Morgan fingerprint density at radius 1 is 1.17 bits per heavy atom. The first-order valence-corrected chi connectivity index (χ1v) is 9.27. The van der Waals surface area contributed by atoms with E-state index in [1.807, 2.05) is 0 Å². The van der Waals surface area contributed by atoms with Gasteiger partial charge in [0.1, 0.15) is 15.5 Å². The van der Waals surface area contributed by atoms with Crippen molar-refractivity contribution >= 4 is 45.1 Å². The van der Waals surface area contributed by atoms with Crippen molar-refractivity contribution in [3.63, 3.8) is 0 Å². The Morgan fingerprint density at radius 2 is 1.90 bits per heavy atom. The highest BCUT2D eigenvalue weighted by Gasteiger charge is 2.21. The third-order valence-electron chi connectivity index (χ3n) is 4.05. The van der Waals surface area contributed by atoms with Crippen molar-refractivity contribution in [3.8, 4) is 0 Å². The molecular weight excluding hydrogens is 398 g/mol. The smallest absolute Gasteiger partial charge is 0.349 e. The first-order valence-electron chi connectivity index (χ1n) is 8.46. The van der Waals surface area contributed by atoms with E-state index in [2.05, 4.69) is 20.0 Å². The lowest BCUT2D eigenvalue weighted by molar-refractivity contribution is -0.119. The van der Waals surface area contributed by atoms with Crippen LogP contribution in [-0.2, 0) is 14.3 Å². The molecule has 0 bridgehead atoms. The van der Waals surface area contributed by atoms with Crippen LogP contribution < -0.4 is 10.9 Å². The Hall–Kier alpha value is -3.53. The first kappa shape index (κ1) is 20.2. The molecule has 29 heavy (non-hydrogen) atoms. The summed E-state index contributed by atoms with van der Waals surface area (Å²) in [5.74, 6) is -1.53. The Balaban J connectivity index is 1.72. The number of methoxy groups -OCH3 is 1. The molecule has 1 amide bonds. The molecule has 3 aromatic rings. The number of aromatic amines is 1. The molecule has 9 nitrogen and oxygen atoms in total. The minimum Gasteiger partial charge on any atom is -0.465 e. The number of amides is 1. The molecule has 150 valence electrons. The summed E-state index contributed by atoms with van der Waals surface area (Å²) in [5.41, 5.74) is 0.526. The van der Waals surface area contributed by atoms with Crippen molar-refractivity contribution in [1.29, 1.82) is 0 Å². The first-order chi connectivity index (χ1) is 13.8. The number of aryl methyl sites for hydroxylation is 2. The number of para-hydroxylation sites is 1.